The van der Waals surface area contributed by atoms with E-state index in [4.69, 9.17) is 21.1 Å². The minimum Gasteiger partial charge on any atom is -0.467 e. The second kappa shape index (κ2) is 14.0. The fourth-order valence-corrected chi connectivity index (χ4v) is 6.69. The van der Waals surface area contributed by atoms with Gasteiger partial charge in [0.1, 0.15) is 22.9 Å². The molecule has 0 unspecified atom stereocenters. The van der Waals surface area contributed by atoms with Gasteiger partial charge in [-0.15, -0.1) is 11.3 Å². The van der Waals surface area contributed by atoms with Crippen molar-refractivity contribution in [1.29, 1.82) is 5.26 Å². The Morgan fingerprint density at radius 3 is 2.60 bits per heavy atom. The number of anilines is 2. The molecule has 3 N–H and O–H groups in total. The van der Waals surface area contributed by atoms with E-state index in [0.29, 0.717) is 51.7 Å². The Bertz CT molecular complexity index is 1900. The molecule has 5 rings (SSSR count). The number of ether oxygens (including phenoxy) is 2. The standard InChI is InChI=1S/C34H33ClN6O6S/c1-33(2,3)34(11-6-13-41(34)32(44)45)31(43)38-22-8-5-7-20(15-22)24-17-26(23-10-9-21(35)16-27(23)47-19-46-4)39-28(25(24)18-36)40-29(42)30-37-12-14-48-30/h5,7-10,12,14-17H,6,11,13,19H2,1-4H3,(H,38,43)(H,44,45)(H,39,40,42)/t34-/m0/s1. The molecule has 2 aromatic heterocycles. The summed E-state index contributed by atoms with van der Waals surface area (Å²) in [5.41, 5.74) is 0.254. The second-order valence-corrected chi connectivity index (χ2v) is 13.4. The van der Waals surface area contributed by atoms with Crippen molar-refractivity contribution in [2.75, 3.05) is 31.1 Å². The number of carbonyl (C=O) groups excluding carboxylic acids is 2. The average molecular weight is 689 g/mol. The molecule has 1 atom stereocenters. The van der Waals surface area contributed by atoms with Gasteiger partial charge in [0.15, 0.2) is 17.6 Å². The second-order valence-electron chi connectivity index (χ2n) is 12.1. The highest BCUT2D eigenvalue weighted by Crippen LogP contribution is 2.45. The topological polar surface area (TPSA) is 167 Å². The van der Waals surface area contributed by atoms with E-state index < -0.39 is 28.9 Å². The zero-order chi connectivity index (χ0) is 34.6. The minimum atomic E-state index is -1.29. The summed E-state index contributed by atoms with van der Waals surface area (Å²) in [5.74, 6) is -0.641. The lowest BCUT2D eigenvalue weighted by molar-refractivity contribution is -0.131. The van der Waals surface area contributed by atoms with Crippen LogP contribution in [-0.4, -0.2) is 63.9 Å². The van der Waals surface area contributed by atoms with Crippen molar-refractivity contribution in [1.82, 2.24) is 14.9 Å². The van der Waals surface area contributed by atoms with E-state index in [0.717, 1.165) is 11.3 Å². The smallest absolute Gasteiger partial charge is 0.408 e. The highest BCUT2D eigenvalue weighted by molar-refractivity contribution is 7.11. The first-order valence-corrected chi connectivity index (χ1v) is 16.2. The number of hydrogen-bond acceptors (Lipinski definition) is 9. The maximum absolute atomic E-state index is 14.0. The van der Waals surface area contributed by atoms with Crippen LogP contribution in [0.5, 0.6) is 5.75 Å². The summed E-state index contributed by atoms with van der Waals surface area (Å²) in [5, 5.41) is 28.3. The van der Waals surface area contributed by atoms with Gasteiger partial charge in [-0.1, -0.05) is 44.5 Å². The lowest BCUT2D eigenvalue weighted by Gasteiger charge is -2.45. The third-order valence-electron chi connectivity index (χ3n) is 8.20. The Morgan fingerprint density at radius 2 is 1.94 bits per heavy atom. The summed E-state index contributed by atoms with van der Waals surface area (Å²) in [6, 6.07) is 15.7. The van der Waals surface area contributed by atoms with Gasteiger partial charge >= 0.3 is 6.09 Å². The number of nitrogens with zero attached hydrogens (tertiary/aromatic N) is 4. The number of methoxy groups -OCH3 is 1. The zero-order valence-corrected chi connectivity index (χ0v) is 28.2. The maximum Gasteiger partial charge on any atom is 0.408 e. The van der Waals surface area contributed by atoms with Gasteiger partial charge in [0.05, 0.1) is 5.69 Å². The molecule has 0 radical (unpaired) electrons. The SMILES string of the molecule is COCOc1cc(Cl)ccc1-c1cc(-c2cccc(NC(=O)[C@]3(C(C)(C)C)CCCN3C(=O)O)c2)c(C#N)c(NC(=O)c2nccs2)n1. The monoisotopic (exact) mass is 688 g/mol. The van der Waals surface area contributed by atoms with Crippen LogP contribution in [0.15, 0.2) is 60.1 Å². The molecule has 0 saturated carbocycles. The molecule has 0 spiro atoms. The number of benzene rings is 2. The number of thiazole rings is 1. The van der Waals surface area contributed by atoms with E-state index >= 15 is 0 Å². The molecule has 248 valence electrons. The molecule has 1 aliphatic rings. The number of aromatic nitrogens is 2. The molecule has 3 heterocycles. The van der Waals surface area contributed by atoms with E-state index in [9.17, 15) is 24.8 Å². The van der Waals surface area contributed by atoms with Crippen molar-refractivity contribution >= 4 is 52.4 Å². The van der Waals surface area contributed by atoms with E-state index in [1.165, 1.54) is 18.2 Å². The molecule has 3 amide bonds. The number of halogens is 1. The van der Waals surface area contributed by atoms with Crippen LogP contribution < -0.4 is 15.4 Å². The van der Waals surface area contributed by atoms with Gasteiger partial charge in [-0.05, 0) is 60.2 Å². The van der Waals surface area contributed by atoms with E-state index in [-0.39, 0.29) is 29.7 Å². The molecular weight excluding hydrogens is 656 g/mol. The Balaban J connectivity index is 1.62. The van der Waals surface area contributed by atoms with Crippen molar-refractivity contribution in [3.8, 4) is 34.2 Å². The van der Waals surface area contributed by atoms with Crippen LogP contribution in [0.25, 0.3) is 22.4 Å². The normalized spacial score (nSPS) is 15.9. The number of pyridine rings is 1. The highest BCUT2D eigenvalue weighted by Gasteiger charge is 2.57. The molecule has 4 aromatic rings. The van der Waals surface area contributed by atoms with Crippen LogP contribution in [0.3, 0.4) is 0 Å². The lowest BCUT2D eigenvalue weighted by Crippen LogP contribution is -2.62. The molecule has 1 aliphatic heterocycles. The number of likely N-dealkylation sites (tertiary alicyclic amines) is 1. The van der Waals surface area contributed by atoms with Gasteiger partial charge in [-0.25, -0.2) is 14.8 Å². The molecule has 1 saturated heterocycles. The van der Waals surface area contributed by atoms with Crippen LogP contribution in [0.4, 0.5) is 16.3 Å². The predicted octanol–water partition coefficient (Wildman–Crippen LogP) is 7.13. The maximum atomic E-state index is 14.0. The Labute approximate surface area is 286 Å². The molecule has 0 bridgehead atoms. The number of nitriles is 1. The van der Waals surface area contributed by atoms with Crippen molar-refractivity contribution in [2.24, 2.45) is 5.41 Å². The van der Waals surface area contributed by atoms with Crippen molar-refractivity contribution in [3.63, 3.8) is 0 Å². The largest absolute Gasteiger partial charge is 0.467 e. The summed E-state index contributed by atoms with van der Waals surface area (Å²) >= 11 is 7.40. The van der Waals surface area contributed by atoms with Crippen molar-refractivity contribution in [3.05, 3.63) is 75.7 Å². The quantitative estimate of drug-likeness (QED) is 0.155. The highest BCUT2D eigenvalue weighted by atomic mass is 35.5. The summed E-state index contributed by atoms with van der Waals surface area (Å²) in [6.45, 7) is 5.74. The zero-order valence-electron chi connectivity index (χ0n) is 26.7. The van der Waals surface area contributed by atoms with Gasteiger partial charge in [-0.3, -0.25) is 14.5 Å². The van der Waals surface area contributed by atoms with Crippen LogP contribution in [-0.2, 0) is 9.53 Å². The van der Waals surface area contributed by atoms with Crippen LogP contribution in [0, 0.1) is 16.7 Å². The predicted molar refractivity (Wildman–Crippen MR) is 182 cm³/mol. The Hall–Kier alpha value is -5.03. The number of carbonyl (C=O) groups is 3. The number of carboxylic acid groups (broad SMARTS) is 1. The fraction of sp³-hybridized carbons (Fsp3) is 0.294. The van der Waals surface area contributed by atoms with Gasteiger partial charge in [0, 0.05) is 47.1 Å². The Kier molecular flexibility index (Phi) is 10.00. The number of rotatable bonds is 9. The van der Waals surface area contributed by atoms with Gasteiger partial charge in [0.2, 0.25) is 0 Å². The van der Waals surface area contributed by atoms with Crippen LogP contribution >= 0.6 is 22.9 Å². The molecule has 2 aromatic carbocycles. The summed E-state index contributed by atoms with van der Waals surface area (Å²) < 4.78 is 10.9. The first kappa shape index (κ1) is 34.3. The average Bonchev–Trinajstić information content (AvgIpc) is 3.75. The number of hydrogen-bond donors (Lipinski definition) is 3. The number of amides is 3. The van der Waals surface area contributed by atoms with Gasteiger partial charge in [-0.2, -0.15) is 5.26 Å². The van der Waals surface area contributed by atoms with Crippen LogP contribution in [0.1, 0.15) is 49.0 Å². The van der Waals surface area contributed by atoms with E-state index in [1.807, 2.05) is 20.8 Å². The van der Waals surface area contributed by atoms with E-state index in [1.54, 1.807) is 53.9 Å². The summed E-state index contributed by atoms with van der Waals surface area (Å²) in [7, 11) is 1.48. The minimum absolute atomic E-state index is 0.0120. The number of nitrogens with one attached hydrogen (secondary N) is 2. The van der Waals surface area contributed by atoms with Gasteiger partial charge in [0.25, 0.3) is 11.8 Å². The lowest BCUT2D eigenvalue weighted by atomic mass is 9.71. The first-order chi connectivity index (χ1) is 22.9. The third kappa shape index (κ3) is 6.68. The summed E-state index contributed by atoms with van der Waals surface area (Å²) in [4.78, 5) is 49.3. The molecule has 1 fully saturated rings. The molecule has 14 heteroatoms. The van der Waals surface area contributed by atoms with Crippen molar-refractivity contribution in [2.45, 2.75) is 39.2 Å². The van der Waals surface area contributed by atoms with Gasteiger partial charge < -0.3 is 25.2 Å². The van der Waals surface area contributed by atoms with Crippen molar-refractivity contribution < 1.29 is 29.0 Å². The first-order valence-electron chi connectivity index (χ1n) is 14.9. The molecular formula is C34H33ClN6O6S. The van der Waals surface area contributed by atoms with E-state index in [2.05, 4.69) is 26.7 Å². The Morgan fingerprint density at radius 1 is 1.15 bits per heavy atom. The fourth-order valence-electron chi connectivity index (χ4n) is 5.99. The molecule has 12 nitrogen and oxygen atoms in total. The third-order valence-corrected chi connectivity index (χ3v) is 9.21. The molecule has 48 heavy (non-hydrogen) atoms. The summed E-state index contributed by atoms with van der Waals surface area (Å²) in [6.07, 6.45) is 1.27. The molecule has 0 aliphatic carbocycles. The van der Waals surface area contributed by atoms with Crippen LogP contribution in [0.2, 0.25) is 5.02 Å².